The SMILES string of the molecule is CO[N+](=O)c1ccc(O)cc1C. The van der Waals surface area contributed by atoms with Gasteiger partial charge in [-0.3, -0.25) is 0 Å². The summed E-state index contributed by atoms with van der Waals surface area (Å²) in [5.41, 5.74) is 1.07. The minimum Gasteiger partial charge on any atom is -0.508 e. The highest BCUT2D eigenvalue weighted by Gasteiger charge is 2.17. The van der Waals surface area contributed by atoms with Gasteiger partial charge in [0, 0.05) is 11.6 Å². The van der Waals surface area contributed by atoms with E-state index in [0.717, 1.165) is 0 Å². The van der Waals surface area contributed by atoms with Gasteiger partial charge in [0.1, 0.15) is 5.75 Å². The molecule has 0 atom stereocenters. The highest BCUT2D eigenvalue weighted by molar-refractivity contribution is 5.43. The van der Waals surface area contributed by atoms with Crippen molar-refractivity contribution in [2.75, 3.05) is 7.11 Å². The molecule has 1 aromatic rings. The second-order valence-electron chi connectivity index (χ2n) is 2.41. The first-order valence-electron chi connectivity index (χ1n) is 3.46. The van der Waals surface area contributed by atoms with Crippen molar-refractivity contribution in [2.45, 2.75) is 6.92 Å². The maximum atomic E-state index is 11.0. The van der Waals surface area contributed by atoms with E-state index in [2.05, 4.69) is 4.84 Å². The van der Waals surface area contributed by atoms with Crippen LogP contribution < -0.4 is 0 Å². The largest absolute Gasteiger partial charge is 0.508 e. The number of benzene rings is 1. The van der Waals surface area contributed by atoms with Crippen molar-refractivity contribution >= 4 is 5.69 Å². The predicted molar refractivity (Wildman–Crippen MR) is 43.1 cm³/mol. The Hall–Kier alpha value is -1.58. The van der Waals surface area contributed by atoms with Crippen molar-refractivity contribution in [3.63, 3.8) is 0 Å². The van der Waals surface area contributed by atoms with Gasteiger partial charge in [0.2, 0.25) is 0 Å². The second kappa shape index (κ2) is 3.21. The van der Waals surface area contributed by atoms with Gasteiger partial charge in [-0.1, -0.05) is 0 Å². The van der Waals surface area contributed by atoms with Gasteiger partial charge >= 0.3 is 5.69 Å². The minimum atomic E-state index is 0.140. The van der Waals surface area contributed by atoms with Crippen molar-refractivity contribution in [3.8, 4) is 5.75 Å². The molecule has 0 aliphatic heterocycles. The lowest BCUT2D eigenvalue weighted by atomic mass is 10.2. The Morgan fingerprint density at radius 2 is 2.17 bits per heavy atom. The lowest BCUT2D eigenvalue weighted by Crippen LogP contribution is -1.99. The van der Waals surface area contributed by atoms with Crippen molar-refractivity contribution < 1.29 is 14.9 Å². The van der Waals surface area contributed by atoms with Crippen LogP contribution in [0.4, 0.5) is 5.69 Å². The molecule has 0 radical (unpaired) electrons. The van der Waals surface area contributed by atoms with Gasteiger partial charge in [-0.2, -0.15) is 0 Å². The Kier molecular flexibility index (Phi) is 2.28. The zero-order chi connectivity index (χ0) is 9.14. The van der Waals surface area contributed by atoms with Crippen LogP contribution in [0.1, 0.15) is 5.56 Å². The van der Waals surface area contributed by atoms with Crippen LogP contribution in [0.2, 0.25) is 0 Å². The molecule has 0 bridgehead atoms. The van der Waals surface area contributed by atoms with E-state index in [1.165, 1.54) is 25.3 Å². The third-order valence-corrected chi connectivity index (χ3v) is 1.54. The average molecular weight is 168 g/mol. The summed E-state index contributed by atoms with van der Waals surface area (Å²) in [5.74, 6) is 0.140. The van der Waals surface area contributed by atoms with E-state index in [1.54, 1.807) is 6.92 Å². The number of aryl methyl sites for hydroxylation is 1. The lowest BCUT2D eigenvalue weighted by Gasteiger charge is -1.94. The first kappa shape index (κ1) is 8.52. The zero-order valence-electron chi connectivity index (χ0n) is 6.94. The Balaban J connectivity index is 3.09. The topological polar surface area (TPSA) is 49.5 Å². The van der Waals surface area contributed by atoms with Gasteiger partial charge in [0.25, 0.3) is 4.92 Å². The van der Waals surface area contributed by atoms with Gasteiger partial charge in [-0.25, -0.2) is 4.84 Å². The van der Waals surface area contributed by atoms with Crippen LogP contribution in [0.15, 0.2) is 18.2 Å². The maximum absolute atomic E-state index is 11.0. The molecule has 0 aromatic heterocycles. The fraction of sp³-hybridized carbons (Fsp3) is 0.250. The van der Waals surface area contributed by atoms with Crippen molar-refractivity contribution in [3.05, 3.63) is 28.7 Å². The zero-order valence-corrected chi connectivity index (χ0v) is 6.94. The van der Waals surface area contributed by atoms with Crippen LogP contribution in [0.3, 0.4) is 0 Å². The van der Waals surface area contributed by atoms with E-state index in [9.17, 15) is 4.91 Å². The molecule has 0 fully saturated rings. The molecule has 4 heteroatoms. The third-order valence-electron chi connectivity index (χ3n) is 1.54. The summed E-state index contributed by atoms with van der Waals surface area (Å²) < 4.78 is 0. The lowest BCUT2D eigenvalue weighted by molar-refractivity contribution is -0.737. The Morgan fingerprint density at radius 1 is 1.50 bits per heavy atom. The van der Waals surface area contributed by atoms with E-state index in [-0.39, 0.29) is 5.75 Å². The van der Waals surface area contributed by atoms with E-state index in [0.29, 0.717) is 16.2 Å². The van der Waals surface area contributed by atoms with E-state index < -0.39 is 0 Å². The smallest absolute Gasteiger partial charge is 0.319 e. The van der Waals surface area contributed by atoms with Gasteiger partial charge < -0.3 is 5.11 Å². The molecule has 64 valence electrons. The fourth-order valence-electron chi connectivity index (χ4n) is 0.943. The summed E-state index contributed by atoms with van der Waals surface area (Å²) in [5, 5.41) is 9.03. The van der Waals surface area contributed by atoms with Crippen LogP contribution in [-0.4, -0.2) is 17.1 Å². The minimum absolute atomic E-state index is 0.140. The summed E-state index contributed by atoms with van der Waals surface area (Å²) in [6, 6.07) is 4.44. The molecule has 4 nitrogen and oxygen atoms in total. The molecule has 1 N–H and O–H groups in total. The van der Waals surface area contributed by atoms with Gasteiger partial charge in [-0.05, 0) is 19.1 Å². The molecule has 0 spiro atoms. The maximum Gasteiger partial charge on any atom is 0.319 e. The number of phenols is 1. The fourth-order valence-corrected chi connectivity index (χ4v) is 0.943. The molecule has 0 unspecified atom stereocenters. The summed E-state index contributed by atoms with van der Waals surface area (Å²) in [7, 11) is 1.29. The van der Waals surface area contributed by atoms with Crippen molar-refractivity contribution in [1.82, 2.24) is 0 Å². The first-order valence-corrected chi connectivity index (χ1v) is 3.46. The molecule has 0 saturated heterocycles. The normalized spacial score (nSPS) is 9.50. The van der Waals surface area contributed by atoms with Crippen LogP contribution in [0.25, 0.3) is 0 Å². The molecule has 0 aliphatic carbocycles. The van der Waals surface area contributed by atoms with Gasteiger partial charge in [0.15, 0.2) is 7.11 Å². The molecule has 0 heterocycles. The summed E-state index contributed by atoms with van der Waals surface area (Å²) in [6.45, 7) is 1.72. The van der Waals surface area contributed by atoms with Crippen LogP contribution in [-0.2, 0) is 4.84 Å². The van der Waals surface area contributed by atoms with Crippen LogP contribution in [0.5, 0.6) is 5.75 Å². The van der Waals surface area contributed by atoms with E-state index >= 15 is 0 Å². The first-order chi connectivity index (χ1) is 5.65. The summed E-state index contributed by atoms with van der Waals surface area (Å²) in [6.07, 6.45) is 0. The number of rotatable bonds is 2. The predicted octanol–water partition coefficient (Wildman–Crippen LogP) is 1.67. The van der Waals surface area contributed by atoms with E-state index in [1.807, 2.05) is 0 Å². The number of hydrogen-bond donors (Lipinski definition) is 1. The standard InChI is InChI=1S/C8H9NO3/c1-6-5-7(10)3-4-8(6)9(11)12-2/h3-5H,1-2H3/p+1. The van der Waals surface area contributed by atoms with Crippen molar-refractivity contribution in [2.24, 2.45) is 0 Å². The monoisotopic (exact) mass is 168 g/mol. The molecule has 1 rings (SSSR count). The molecule has 1 aromatic carbocycles. The van der Waals surface area contributed by atoms with Gasteiger partial charge in [-0.15, -0.1) is 0 Å². The Bertz CT molecular complexity index is 309. The summed E-state index contributed by atoms with van der Waals surface area (Å²) in [4.78, 5) is 15.8. The quantitative estimate of drug-likeness (QED) is 0.683. The third kappa shape index (κ3) is 1.53. The average Bonchev–Trinajstić information content (AvgIpc) is 2.03. The number of nitrogens with zero attached hydrogens (tertiary/aromatic N) is 1. The highest BCUT2D eigenvalue weighted by atomic mass is 16.8. The van der Waals surface area contributed by atoms with Gasteiger partial charge in [0.05, 0.1) is 4.91 Å². The Labute approximate surface area is 69.9 Å². The molecular formula is C8H10NO3+. The van der Waals surface area contributed by atoms with E-state index in [4.69, 9.17) is 5.11 Å². The number of phenolic OH excluding ortho intramolecular Hbond substituents is 1. The molecule has 0 saturated carbocycles. The Morgan fingerprint density at radius 3 is 2.67 bits per heavy atom. The van der Waals surface area contributed by atoms with Crippen molar-refractivity contribution in [1.29, 1.82) is 0 Å². The second-order valence-corrected chi connectivity index (χ2v) is 2.41. The molecule has 0 amide bonds. The molecule has 0 aliphatic rings. The molecule has 12 heavy (non-hydrogen) atoms. The highest BCUT2D eigenvalue weighted by Crippen LogP contribution is 2.22. The number of hydrogen-bond acceptors (Lipinski definition) is 3. The van der Waals surface area contributed by atoms with Crippen LogP contribution >= 0.6 is 0 Å². The van der Waals surface area contributed by atoms with Crippen LogP contribution in [0, 0.1) is 11.8 Å². The summed E-state index contributed by atoms with van der Waals surface area (Å²) >= 11 is 0. The molecular weight excluding hydrogens is 158 g/mol. The number of aromatic hydroxyl groups is 1.